The van der Waals surface area contributed by atoms with Crippen molar-refractivity contribution in [2.75, 3.05) is 20.3 Å². The molecule has 2 N–H and O–H groups in total. The average molecular weight is 306 g/mol. The van der Waals surface area contributed by atoms with Crippen LogP contribution in [0.2, 0.25) is 5.02 Å². The minimum Gasteiger partial charge on any atom is -0.496 e. The number of methoxy groups -OCH3 is 1. The standard InChI is InChI=1S/C17H20ClNO2/c1-12-11-14(5-8-16(12)21-2)17(19-9-10-20)13-3-6-15(18)7-4-13/h3-8,11,17,19-20H,9-10H2,1-2H3. The highest BCUT2D eigenvalue weighted by molar-refractivity contribution is 6.30. The van der Waals surface area contributed by atoms with E-state index in [4.69, 9.17) is 21.4 Å². The van der Waals surface area contributed by atoms with Crippen molar-refractivity contribution in [3.05, 3.63) is 64.2 Å². The molecule has 112 valence electrons. The Morgan fingerprint density at radius 1 is 1.14 bits per heavy atom. The molecule has 2 aromatic carbocycles. The summed E-state index contributed by atoms with van der Waals surface area (Å²) >= 11 is 5.95. The SMILES string of the molecule is COc1ccc(C(NCCO)c2ccc(Cl)cc2)cc1C. The highest BCUT2D eigenvalue weighted by Gasteiger charge is 2.14. The number of rotatable bonds is 6. The number of aliphatic hydroxyl groups excluding tert-OH is 1. The molecule has 0 radical (unpaired) electrons. The average Bonchev–Trinajstić information content (AvgIpc) is 2.49. The van der Waals surface area contributed by atoms with Crippen LogP contribution in [-0.2, 0) is 0 Å². The molecule has 2 aromatic rings. The van der Waals surface area contributed by atoms with Crippen molar-refractivity contribution in [2.24, 2.45) is 0 Å². The summed E-state index contributed by atoms with van der Waals surface area (Å²) in [6.07, 6.45) is 0. The van der Waals surface area contributed by atoms with Crippen molar-refractivity contribution < 1.29 is 9.84 Å². The number of benzene rings is 2. The fourth-order valence-electron chi connectivity index (χ4n) is 2.37. The molecule has 1 unspecified atom stereocenters. The fraction of sp³-hybridized carbons (Fsp3) is 0.294. The van der Waals surface area contributed by atoms with E-state index in [1.54, 1.807) is 7.11 Å². The van der Waals surface area contributed by atoms with Gasteiger partial charge in [0.15, 0.2) is 0 Å². The molecule has 0 aromatic heterocycles. The monoisotopic (exact) mass is 305 g/mol. The molecule has 0 bridgehead atoms. The summed E-state index contributed by atoms with van der Waals surface area (Å²) in [5.74, 6) is 0.871. The first kappa shape index (κ1) is 15.8. The largest absolute Gasteiger partial charge is 0.496 e. The Kier molecular flexibility index (Phi) is 5.62. The zero-order chi connectivity index (χ0) is 15.2. The molecule has 0 amide bonds. The van der Waals surface area contributed by atoms with Crippen LogP contribution in [0.5, 0.6) is 5.75 Å². The summed E-state index contributed by atoms with van der Waals surface area (Å²) in [6, 6.07) is 13.9. The van der Waals surface area contributed by atoms with E-state index in [-0.39, 0.29) is 12.6 Å². The van der Waals surface area contributed by atoms with Crippen molar-refractivity contribution in [3.8, 4) is 5.75 Å². The van der Waals surface area contributed by atoms with Gasteiger partial charge in [-0.3, -0.25) is 0 Å². The second kappa shape index (κ2) is 7.46. The van der Waals surface area contributed by atoms with Gasteiger partial charge in [-0.25, -0.2) is 0 Å². The number of hydrogen-bond acceptors (Lipinski definition) is 3. The lowest BCUT2D eigenvalue weighted by Crippen LogP contribution is -2.25. The van der Waals surface area contributed by atoms with Gasteiger partial charge in [0.25, 0.3) is 0 Å². The van der Waals surface area contributed by atoms with E-state index in [1.807, 2.05) is 43.3 Å². The van der Waals surface area contributed by atoms with Crippen molar-refractivity contribution in [2.45, 2.75) is 13.0 Å². The number of ether oxygens (including phenoxy) is 1. The lowest BCUT2D eigenvalue weighted by molar-refractivity contribution is 0.288. The molecule has 0 heterocycles. The minimum absolute atomic E-state index is 0.0130. The molecular formula is C17H20ClNO2. The third-order valence-corrected chi connectivity index (χ3v) is 3.67. The molecule has 0 aliphatic rings. The molecule has 0 saturated carbocycles. The van der Waals surface area contributed by atoms with Gasteiger partial charge in [0, 0.05) is 11.6 Å². The maximum Gasteiger partial charge on any atom is 0.121 e. The van der Waals surface area contributed by atoms with Crippen LogP contribution >= 0.6 is 11.6 Å². The van der Waals surface area contributed by atoms with Crippen LogP contribution in [-0.4, -0.2) is 25.4 Å². The lowest BCUT2D eigenvalue weighted by Gasteiger charge is -2.20. The Bertz CT molecular complexity index is 584. The summed E-state index contributed by atoms with van der Waals surface area (Å²) in [5.41, 5.74) is 3.32. The molecule has 0 aliphatic carbocycles. The molecule has 4 heteroatoms. The summed E-state index contributed by atoms with van der Waals surface area (Å²) in [7, 11) is 1.67. The zero-order valence-corrected chi connectivity index (χ0v) is 13.0. The molecule has 3 nitrogen and oxygen atoms in total. The highest BCUT2D eigenvalue weighted by Crippen LogP contribution is 2.27. The van der Waals surface area contributed by atoms with E-state index in [0.29, 0.717) is 11.6 Å². The molecule has 1 atom stereocenters. The minimum atomic E-state index is 0.0130. The molecular weight excluding hydrogens is 286 g/mol. The summed E-state index contributed by atoms with van der Waals surface area (Å²) in [4.78, 5) is 0. The highest BCUT2D eigenvalue weighted by atomic mass is 35.5. The summed E-state index contributed by atoms with van der Waals surface area (Å²) in [6.45, 7) is 2.64. The van der Waals surface area contributed by atoms with E-state index in [0.717, 1.165) is 22.4 Å². The quantitative estimate of drug-likeness (QED) is 0.860. The van der Waals surface area contributed by atoms with Gasteiger partial charge in [0.1, 0.15) is 5.75 Å². The number of hydrogen-bond donors (Lipinski definition) is 2. The van der Waals surface area contributed by atoms with Gasteiger partial charge >= 0.3 is 0 Å². The zero-order valence-electron chi connectivity index (χ0n) is 12.3. The first-order valence-corrected chi connectivity index (χ1v) is 7.27. The maximum absolute atomic E-state index is 9.09. The van der Waals surface area contributed by atoms with Gasteiger partial charge in [-0.15, -0.1) is 0 Å². The summed E-state index contributed by atoms with van der Waals surface area (Å²) < 4.78 is 5.30. The van der Waals surface area contributed by atoms with Crippen LogP contribution in [0.3, 0.4) is 0 Å². The Morgan fingerprint density at radius 2 is 1.81 bits per heavy atom. The van der Waals surface area contributed by atoms with Crippen molar-refractivity contribution in [1.82, 2.24) is 5.32 Å². The summed E-state index contributed by atoms with van der Waals surface area (Å²) in [5, 5.41) is 13.2. The Morgan fingerprint density at radius 3 is 2.38 bits per heavy atom. The van der Waals surface area contributed by atoms with Crippen molar-refractivity contribution in [1.29, 1.82) is 0 Å². The van der Waals surface area contributed by atoms with Crippen molar-refractivity contribution in [3.63, 3.8) is 0 Å². The number of aliphatic hydroxyl groups is 1. The van der Waals surface area contributed by atoms with E-state index >= 15 is 0 Å². The first-order valence-electron chi connectivity index (χ1n) is 6.90. The number of nitrogens with one attached hydrogen (secondary N) is 1. The topological polar surface area (TPSA) is 41.5 Å². The molecule has 0 aliphatic heterocycles. The van der Waals surface area contributed by atoms with Crippen LogP contribution in [0.4, 0.5) is 0 Å². The van der Waals surface area contributed by atoms with Crippen LogP contribution in [0.25, 0.3) is 0 Å². The lowest BCUT2D eigenvalue weighted by atomic mass is 9.97. The third-order valence-electron chi connectivity index (χ3n) is 3.42. The van der Waals surface area contributed by atoms with Crippen LogP contribution < -0.4 is 10.1 Å². The van der Waals surface area contributed by atoms with Gasteiger partial charge < -0.3 is 15.2 Å². The predicted molar refractivity (Wildman–Crippen MR) is 86.1 cm³/mol. The van der Waals surface area contributed by atoms with E-state index in [9.17, 15) is 0 Å². The second-order valence-corrected chi connectivity index (χ2v) is 5.33. The maximum atomic E-state index is 9.09. The second-order valence-electron chi connectivity index (χ2n) is 4.89. The van der Waals surface area contributed by atoms with Gasteiger partial charge in [0.2, 0.25) is 0 Å². The van der Waals surface area contributed by atoms with Gasteiger partial charge in [-0.1, -0.05) is 35.9 Å². The smallest absolute Gasteiger partial charge is 0.121 e. The van der Waals surface area contributed by atoms with E-state index in [1.165, 1.54) is 0 Å². The van der Waals surface area contributed by atoms with Crippen molar-refractivity contribution >= 4 is 11.6 Å². The molecule has 0 spiro atoms. The van der Waals surface area contributed by atoms with Crippen LogP contribution in [0.15, 0.2) is 42.5 Å². The Hall–Kier alpha value is -1.55. The first-order chi connectivity index (χ1) is 10.2. The number of aryl methyl sites for hydroxylation is 1. The Labute approximate surface area is 130 Å². The van der Waals surface area contributed by atoms with Crippen LogP contribution in [0, 0.1) is 6.92 Å². The van der Waals surface area contributed by atoms with Gasteiger partial charge in [-0.05, 0) is 41.8 Å². The Balaban J connectivity index is 2.35. The molecule has 0 fully saturated rings. The number of halogens is 1. The van der Waals surface area contributed by atoms with E-state index < -0.39 is 0 Å². The molecule has 2 rings (SSSR count). The van der Waals surface area contributed by atoms with Gasteiger partial charge in [-0.2, -0.15) is 0 Å². The fourth-order valence-corrected chi connectivity index (χ4v) is 2.50. The molecule has 0 saturated heterocycles. The van der Waals surface area contributed by atoms with Gasteiger partial charge in [0.05, 0.1) is 19.8 Å². The normalized spacial score (nSPS) is 12.2. The van der Waals surface area contributed by atoms with Crippen LogP contribution in [0.1, 0.15) is 22.7 Å². The molecule has 21 heavy (non-hydrogen) atoms. The van der Waals surface area contributed by atoms with E-state index in [2.05, 4.69) is 11.4 Å². The third kappa shape index (κ3) is 3.97. The predicted octanol–water partition coefficient (Wildman–Crippen LogP) is 3.33.